The number of amides is 1. The molecular formula is C28H38N2O2. The van der Waals surface area contributed by atoms with Gasteiger partial charge in [-0.2, -0.15) is 0 Å². The van der Waals surface area contributed by atoms with E-state index in [4.69, 9.17) is 4.74 Å². The number of hydrogen-bond acceptors (Lipinski definition) is 3. The van der Waals surface area contributed by atoms with Crippen LogP contribution < -0.4 is 5.32 Å². The van der Waals surface area contributed by atoms with E-state index >= 15 is 0 Å². The number of aryl methyl sites for hydroxylation is 1. The first-order chi connectivity index (χ1) is 15.5. The first kappa shape index (κ1) is 23.0. The Balaban J connectivity index is 1.50. The molecule has 1 amide bonds. The van der Waals surface area contributed by atoms with E-state index in [0.29, 0.717) is 25.7 Å². The highest BCUT2D eigenvalue weighted by molar-refractivity contribution is 5.83. The molecule has 172 valence electrons. The average molecular weight is 435 g/mol. The summed E-state index contributed by atoms with van der Waals surface area (Å²) in [5.74, 6) is 0.766. The molecule has 2 aliphatic heterocycles. The predicted molar refractivity (Wildman–Crippen MR) is 130 cm³/mol. The third-order valence-electron chi connectivity index (χ3n) is 7.68. The molecule has 0 unspecified atom stereocenters. The summed E-state index contributed by atoms with van der Waals surface area (Å²) in [6.45, 7) is 8.48. The van der Waals surface area contributed by atoms with Gasteiger partial charge in [0.25, 0.3) is 0 Å². The lowest BCUT2D eigenvalue weighted by atomic mass is 9.74. The first-order valence-corrected chi connectivity index (χ1v) is 12.2. The molecule has 4 nitrogen and oxygen atoms in total. The first-order valence-electron chi connectivity index (χ1n) is 12.2. The Kier molecular flexibility index (Phi) is 7.32. The third kappa shape index (κ3) is 5.24. The maximum absolute atomic E-state index is 13.6. The predicted octanol–water partition coefficient (Wildman–Crippen LogP) is 4.77. The van der Waals surface area contributed by atoms with Crippen LogP contribution in [-0.4, -0.2) is 44.2 Å². The van der Waals surface area contributed by atoms with E-state index in [0.717, 1.165) is 25.8 Å². The number of likely N-dealkylation sites (N-methyl/N-ethyl adjacent to an activating group) is 1. The van der Waals surface area contributed by atoms with E-state index in [1.165, 1.54) is 47.2 Å². The smallest absolute Gasteiger partial charge is 0.226 e. The van der Waals surface area contributed by atoms with Gasteiger partial charge in [-0.25, -0.2) is 0 Å². The van der Waals surface area contributed by atoms with Crippen molar-refractivity contribution in [1.82, 2.24) is 10.2 Å². The molecule has 2 fully saturated rings. The molecular weight excluding hydrogens is 396 g/mol. The van der Waals surface area contributed by atoms with Crippen molar-refractivity contribution >= 4 is 5.91 Å². The van der Waals surface area contributed by atoms with Gasteiger partial charge in [0, 0.05) is 26.3 Å². The molecule has 2 saturated heterocycles. The second-order valence-corrected chi connectivity index (χ2v) is 9.96. The molecule has 2 aromatic rings. The van der Waals surface area contributed by atoms with Crippen molar-refractivity contribution < 1.29 is 9.53 Å². The van der Waals surface area contributed by atoms with Gasteiger partial charge >= 0.3 is 0 Å². The molecule has 0 radical (unpaired) electrons. The minimum Gasteiger partial charge on any atom is -0.381 e. The molecule has 4 rings (SSSR count). The van der Waals surface area contributed by atoms with Crippen LogP contribution in [0.15, 0.2) is 42.5 Å². The van der Waals surface area contributed by atoms with Crippen molar-refractivity contribution in [2.45, 2.75) is 58.4 Å². The Hall–Kier alpha value is -2.17. The number of hydrogen-bond donors (Lipinski definition) is 1. The number of carbonyl (C=O) groups excluding carboxylic acids is 1. The van der Waals surface area contributed by atoms with Crippen LogP contribution in [-0.2, 0) is 22.5 Å². The minimum atomic E-state index is -0.391. The van der Waals surface area contributed by atoms with Gasteiger partial charge in [0.1, 0.15) is 0 Å². The minimum absolute atomic E-state index is 0.171. The lowest BCUT2D eigenvalue weighted by Crippen LogP contribution is -2.46. The van der Waals surface area contributed by atoms with Gasteiger partial charge in [-0.05, 0) is 93.3 Å². The molecule has 2 heterocycles. The highest BCUT2D eigenvalue weighted by atomic mass is 16.5. The topological polar surface area (TPSA) is 41.6 Å². The summed E-state index contributed by atoms with van der Waals surface area (Å²) in [5.41, 5.74) is 6.04. The molecule has 2 aromatic carbocycles. The molecule has 2 aliphatic rings. The van der Waals surface area contributed by atoms with E-state index in [-0.39, 0.29) is 5.91 Å². The molecule has 0 aromatic heterocycles. The van der Waals surface area contributed by atoms with Crippen molar-refractivity contribution in [3.05, 3.63) is 70.3 Å². The average Bonchev–Trinajstić information content (AvgIpc) is 2.80. The van der Waals surface area contributed by atoms with E-state index in [1.807, 2.05) is 0 Å². The lowest BCUT2D eigenvalue weighted by molar-refractivity contribution is -0.136. The van der Waals surface area contributed by atoms with E-state index in [1.54, 1.807) is 0 Å². The quantitative estimate of drug-likeness (QED) is 0.712. The summed E-state index contributed by atoms with van der Waals surface area (Å²) < 4.78 is 5.66. The lowest BCUT2D eigenvalue weighted by Gasteiger charge is -2.36. The van der Waals surface area contributed by atoms with Gasteiger partial charge < -0.3 is 15.0 Å². The number of carbonyl (C=O) groups is 1. The van der Waals surface area contributed by atoms with Gasteiger partial charge in [0.2, 0.25) is 5.91 Å². The zero-order chi connectivity index (χ0) is 22.6. The Bertz CT molecular complexity index is 933. The third-order valence-corrected chi connectivity index (χ3v) is 7.68. The van der Waals surface area contributed by atoms with Gasteiger partial charge in [-0.15, -0.1) is 0 Å². The van der Waals surface area contributed by atoms with Crippen molar-refractivity contribution in [2.75, 3.05) is 33.4 Å². The number of ether oxygens (including phenoxy) is 1. The summed E-state index contributed by atoms with van der Waals surface area (Å²) in [7, 11) is 2.22. The number of nitrogens with one attached hydrogen (secondary N) is 1. The monoisotopic (exact) mass is 434 g/mol. The molecule has 0 spiro atoms. The summed E-state index contributed by atoms with van der Waals surface area (Å²) in [5, 5.41) is 3.28. The summed E-state index contributed by atoms with van der Waals surface area (Å²) in [6.07, 6.45) is 4.85. The molecule has 0 bridgehead atoms. The van der Waals surface area contributed by atoms with Crippen molar-refractivity contribution in [3.8, 4) is 0 Å². The number of piperidine rings is 1. The van der Waals surface area contributed by atoms with Crippen LogP contribution in [0.3, 0.4) is 0 Å². The number of benzene rings is 2. The van der Waals surface area contributed by atoms with E-state index in [2.05, 4.69) is 73.6 Å². The second-order valence-electron chi connectivity index (χ2n) is 9.96. The van der Waals surface area contributed by atoms with Gasteiger partial charge in [-0.3, -0.25) is 4.79 Å². The molecule has 1 atom stereocenters. The van der Waals surface area contributed by atoms with Crippen LogP contribution in [0.4, 0.5) is 0 Å². The zero-order valence-electron chi connectivity index (χ0n) is 20.0. The molecule has 1 N–H and O–H groups in total. The van der Waals surface area contributed by atoms with Crippen LogP contribution >= 0.6 is 0 Å². The Morgan fingerprint density at radius 2 is 1.94 bits per heavy atom. The standard InChI is InChI=1S/C28H38N2O2/c1-21-7-4-10-25(22(21)2)19-29-27(31)28(12-15-32-16-13-28)18-23-8-5-9-24(17-23)26-11-6-14-30(3)20-26/h4-5,7-10,17,26H,6,11-16,18-20H2,1-3H3,(H,29,31)/t26-/m1/s1. The van der Waals surface area contributed by atoms with Gasteiger partial charge in [-0.1, -0.05) is 42.5 Å². The Morgan fingerprint density at radius 1 is 1.16 bits per heavy atom. The van der Waals surface area contributed by atoms with E-state index in [9.17, 15) is 4.79 Å². The van der Waals surface area contributed by atoms with Crippen LogP contribution in [0.5, 0.6) is 0 Å². The normalized spacial score (nSPS) is 21.3. The maximum atomic E-state index is 13.6. The molecule has 0 saturated carbocycles. The fourth-order valence-electron chi connectivity index (χ4n) is 5.40. The highest BCUT2D eigenvalue weighted by Crippen LogP contribution is 2.36. The van der Waals surface area contributed by atoms with Crippen molar-refractivity contribution in [3.63, 3.8) is 0 Å². The fraction of sp³-hybridized carbons (Fsp3) is 0.536. The van der Waals surface area contributed by atoms with E-state index < -0.39 is 5.41 Å². The van der Waals surface area contributed by atoms with Crippen molar-refractivity contribution in [1.29, 1.82) is 0 Å². The molecule has 0 aliphatic carbocycles. The van der Waals surface area contributed by atoms with Gasteiger partial charge in [0.15, 0.2) is 0 Å². The van der Waals surface area contributed by atoms with Crippen LogP contribution in [0.2, 0.25) is 0 Å². The molecule has 4 heteroatoms. The zero-order valence-corrected chi connectivity index (χ0v) is 20.0. The summed E-state index contributed by atoms with van der Waals surface area (Å²) >= 11 is 0. The Labute approximate surface area is 193 Å². The Morgan fingerprint density at radius 3 is 2.72 bits per heavy atom. The van der Waals surface area contributed by atoms with Crippen LogP contribution in [0.1, 0.15) is 59.4 Å². The van der Waals surface area contributed by atoms with Crippen LogP contribution in [0, 0.1) is 19.3 Å². The van der Waals surface area contributed by atoms with Crippen LogP contribution in [0.25, 0.3) is 0 Å². The highest BCUT2D eigenvalue weighted by Gasteiger charge is 2.40. The van der Waals surface area contributed by atoms with Crippen molar-refractivity contribution in [2.24, 2.45) is 5.41 Å². The van der Waals surface area contributed by atoms with Gasteiger partial charge in [0.05, 0.1) is 5.41 Å². The number of nitrogens with zero attached hydrogens (tertiary/aromatic N) is 1. The number of rotatable bonds is 6. The summed E-state index contributed by atoms with van der Waals surface area (Å²) in [4.78, 5) is 16.0. The second kappa shape index (κ2) is 10.2. The SMILES string of the molecule is Cc1cccc(CNC(=O)C2(Cc3cccc([C@@H]4CCCN(C)C4)c3)CCOCC2)c1C. The summed E-state index contributed by atoms with van der Waals surface area (Å²) in [6, 6.07) is 15.3. The fourth-order valence-corrected chi connectivity index (χ4v) is 5.40. The number of likely N-dealkylation sites (tertiary alicyclic amines) is 1. The maximum Gasteiger partial charge on any atom is 0.226 e. The molecule has 32 heavy (non-hydrogen) atoms. The largest absolute Gasteiger partial charge is 0.381 e.